The van der Waals surface area contributed by atoms with Crippen LogP contribution in [0.4, 0.5) is 0 Å². The highest BCUT2D eigenvalue weighted by Crippen LogP contribution is 2.25. The van der Waals surface area contributed by atoms with E-state index in [4.69, 9.17) is 27.9 Å². The van der Waals surface area contributed by atoms with Gasteiger partial charge in [0, 0.05) is 0 Å². The average molecular weight is 311 g/mol. The van der Waals surface area contributed by atoms with Gasteiger partial charge < -0.3 is 9.84 Å². The smallest absolute Gasteiger partial charge is 0.122 e. The highest BCUT2D eigenvalue weighted by atomic mass is 35.5. The fourth-order valence-corrected chi connectivity index (χ4v) is 2.21. The Morgan fingerprint density at radius 2 is 1.85 bits per heavy atom. The van der Waals surface area contributed by atoms with Crippen LogP contribution in [0.3, 0.4) is 0 Å². The van der Waals surface area contributed by atoms with Crippen molar-refractivity contribution in [3.63, 3.8) is 0 Å². The SMILES string of the molecule is Cc1cc([C@H](C)O)ccc1OCc1ccc(Cl)c(Cl)c1. The summed E-state index contributed by atoms with van der Waals surface area (Å²) in [6.07, 6.45) is -0.474. The van der Waals surface area contributed by atoms with Crippen molar-refractivity contribution in [2.75, 3.05) is 0 Å². The zero-order chi connectivity index (χ0) is 14.7. The van der Waals surface area contributed by atoms with Gasteiger partial charge in [0.15, 0.2) is 0 Å². The zero-order valence-corrected chi connectivity index (χ0v) is 12.9. The van der Waals surface area contributed by atoms with Gasteiger partial charge in [-0.2, -0.15) is 0 Å². The van der Waals surface area contributed by atoms with Crippen LogP contribution in [0, 0.1) is 6.92 Å². The Hall–Kier alpha value is -1.22. The summed E-state index contributed by atoms with van der Waals surface area (Å²) in [5.74, 6) is 0.792. The Labute approximate surface area is 128 Å². The number of benzene rings is 2. The lowest BCUT2D eigenvalue weighted by molar-refractivity contribution is 0.199. The number of hydrogen-bond donors (Lipinski definition) is 1. The minimum atomic E-state index is -0.474. The van der Waals surface area contributed by atoms with Gasteiger partial charge in [-0.3, -0.25) is 0 Å². The summed E-state index contributed by atoms with van der Waals surface area (Å²) < 4.78 is 5.77. The number of rotatable bonds is 4. The van der Waals surface area contributed by atoms with Crippen molar-refractivity contribution in [3.05, 3.63) is 63.1 Å². The van der Waals surface area contributed by atoms with Crippen LogP contribution in [0.2, 0.25) is 10.0 Å². The van der Waals surface area contributed by atoms with Crippen LogP contribution >= 0.6 is 23.2 Å². The molecule has 0 saturated heterocycles. The second-order valence-electron chi connectivity index (χ2n) is 4.74. The molecule has 1 N–H and O–H groups in total. The van der Waals surface area contributed by atoms with Gasteiger partial charge in [-0.25, -0.2) is 0 Å². The van der Waals surface area contributed by atoms with Gasteiger partial charge in [0.2, 0.25) is 0 Å². The number of aliphatic hydroxyl groups is 1. The minimum absolute atomic E-state index is 0.422. The molecule has 0 bridgehead atoms. The summed E-state index contributed by atoms with van der Waals surface area (Å²) in [5.41, 5.74) is 2.83. The first-order valence-corrected chi connectivity index (χ1v) is 7.08. The molecule has 0 heterocycles. The molecule has 0 saturated carbocycles. The fourth-order valence-electron chi connectivity index (χ4n) is 1.88. The van der Waals surface area contributed by atoms with Gasteiger partial charge in [0.05, 0.1) is 16.1 Å². The average Bonchev–Trinajstić information content (AvgIpc) is 2.41. The Balaban J connectivity index is 2.09. The Morgan fingerprint density at radius 3 is 2.45 bits per heavy atom. The van der Waals surface area contributed by atoms with Gasteiger partial charge in [-0.1, -0.05) is 35.3 Å². The molecule has 2 aromatic carbocycles. The Bertz CT molecular complexity index is 609. The number of aliphatic hydroxyl groups excluding tert-OH is 1. The molecule has 0 aliphatic carbocycles. The van der Waals surface area contributed by atoms with Gasteiger partial charge >= 0.3 is 0 Å². The lowest BCUT2D eigenvalue weighted by Gasteiger charge is -2.12. The lowest BCUT2D eigenvalue weighted by Crippen LogP contribution is -1.99. The maximum Gasteiger partial charge on any atom is 0.122 e. The Morgan fingerprint density at radius 1 is 1.10 bits per heavy atom. The summed E-state index contributed by atoms with van der Waals surface area (Å²) in [6, 6.07) is 11.1. The molecular weight excluding hydrogens is 295 g/mol. The predicted octanol–water partition coefficient (Wildman–Crippen LogP) is 4.93. The van der Waals surface area contributed by atoms with Crippen molar-refractivity contribution in [1.82, 2.24) is 0 Å². The van der Waals surface area contributed by atoms with Crippen LogP contribution in [0.15, 0.2) is 36.4 Å². The molecule has 0 radical (unpaired) electrons. The molecule has 0 amide bonds. The molecule has 20 heavy (non-hydrogen) atoms. The van der Waals surface area contributed by atoms with Gasteiger partial charge in [0.25, 0.3) is 0 Å². The molecule has 2 rings (SSSR count). The first-order chi connectivity index (χ1) is 9.47. The number of aryl methyl sites for hydroxylation is 1. The normalized spacial score (nSPS) is 12.2. The third-order valence-electron chi connectivity index (χ3n) is 3.06. The van der Waals surface area contributed by atoms with Crippen LogP contribution in [0.1, 0.15) is 29.7 Å². The first kappa shape index (κ1) is 15.2. The third kappa shape index (κ3) is 3.66. The quantitative estimate of drug-likeness (QED) is 0.867. The van der Waals surface area contributed by atoms with Crippen molar-refractivity contribution >= 4 is 23.2 Å². The Kier molecular flexibility index (Phi) is 4.92. The van der Waals surface area contributed by atoms with Crippen molar-refractivity contribution in [2.45, 2.75) is 26.6 Å². The molecule has 0 fully saturated rings. The van der Waals surface area contributed by atoms with Crippen molar-refractivity contribution in [3.8, 4) is 5.75 Å². The van der Waals surface area contributed by atoms with Crippen LogP contribution in [0.25, 0.3) is 0 Å². The summed E-state index contributed by atoms with van der Waals surface area (Å²) in [4.78, 5) is 0. The van der Waals surface area contributed by atoms with Crippen LogP contribution in [-0.2, 0) is 6.61 Å². The molecule has 1 atom stereocenters. The number of hydrogen-bond acceptors (Lipinski definition) is 2. The van der Waals surface area contributed by atoms with Crippen LogP contribution in [0.5, 0.6) is 5.75 Å². The molecule has 0 unspecified atom stereocenters. The van der Waals surface area contributed by atoms with Crippen molar-refractivity contribution < 1.29 is 9.84 Å². The summed E-state index contributed by atoms with van der Waals surface area (Å²) in [5, 5.41) is 10.6. The van der Waals surface area contributed by atoms with Crippen molar-refractivity contribution in [2.24, 2.45) is 0 Å². The molecule has 106 valence electrons. The highest BCUT2D eigenvalue weighted by molar-refractivity contribution is 6.42. The monoisotopic (exact) mass is 310 g/mol. The van der Waals surface area contributed by atoms with E-state index < -0.39 is 6.10 Å². The lowest BCUT2D eigenvalue weighted by atomic mass is 10.1. The molecule has 0 aliphatic heterocycles. The van der Waals surface area contributed by atoms with Crippen molar-refractivity contribution in [1.29, 1.82) is 0 Å². The maximum absolute atomic E-state index is 9.54. The van der Waals surface area contributed by atoms with E-state index in [2.05, 4.69) is 0 Å². The maximum atomic E-state index is 9.54. The summed E-state index contributed by atoms with van der Waals surface area (Å²) >= 11 is 11.8. The minimum Gasteiger partial charge on any atom is -0.489 e. The van der Waals surface area contributed by atoms with E-state index in [1.54, 1.807) is 19.1 Å². The zero-order valence-electron chi connectivity index (χ0n) is 11.4. The largest absolute Gasteiger partial charge is 0.489 e. The fraction of sp³-hybridized carbons (Fsp3) is 0.250. The second-order valence-corrected chi connectivity index (χ2v) is 5.55. The molecule has 2 nitrogen and oxygen atoms in total. The van der Waals surface area contributed by atoms with Gasteiger partial charge in [-0.05, 0) is 54.8 Å². The summed E-state index contributed by atoms with van der Waals surface area (Å²) in [6.45, 7) is 4.12. The molecule has 0 aromatic heterocycles. The van der Waals surface area contributed by atoms with E-state index in [1.807, 2.05) is 31.2 Å². The molecule has 4 heteroatoms. The molecule has 2 aromatic rings. The number of halogens is 2. The molecular formula is C16H16Cl2O2. The van der Waals surface area contributed by atoms with E-state index >= 15 is 0 Å². The van der Waals surface area contributed by atoms with E-state index in [9.17, 15) is 5.11 Å². The van der Waals surface area contributed by atoms with E-state index in [0.29, 0.717) is 16.7 Å². The molecule has 0 spiro atoms. The predicted molar refractivity (Wildman–Crippen MR) is 82.6 cm³/mol. The number of ether oxygens (including phenoxy) is 1. The van der Waals surface area contributed by atoms with Crippen LogP contribution in [-0.4, -0.2) is 5.11 Å². The van der Waals surface area contributed by atoms with E-state index in [0.717, 1.165) is 22.4 Å². The van der Waals surface area contributed by atoms with Gasteiger partial charge in [-0.15, -0.1) is 0 Å². The summed E-state index contributed by atoms with van der Waals surface area (Å²) in [7, 11) is 0. The third-order valence-corrected chi connectivity index (χ3v) is 3.80. The van der Waals surface area contributed by atoms with Crippen LogP contribution < -0.4 is 4.74 Å². The van der Waals surface area contributed by atoms with E-state index in [-0.39, 0.29) is 0 Å². The first-order valence-electron chi connectivity index (χ1n) is 6.32. The highest BCUT2D eigenvalue weighted by Gasteiger charge is 2.06. The topological polar surface area (TPSA) is 29.5 Å². The second kappa shape index (κ2) is 6.49. The van der Waals surface area contributed by atoms with E-state index in [1.165, 1.54) is 0 Å². The van der Waals surface area contributed by atoms with Gasteiger partial charge in [0.1, 0.15) is 12.4 Å². The standard InChI is InChI=1S/C16H16Cl2O2/c1-10-7-13(11(2)19)4-6-16(10)20-9-12-3-5-14(17)15(18)8-12/h3-8,11,19H,9H2,1-2H3/t11-/m0/s1. The molecule has 0 aliphatic rings.